The molecule has 2 rings (SSSR count). The van der Waals surface area contributed by atoms with Gasteiger partial charge in [-0.25, -0.2) is 0 Å². The first-order valence-electron chi connectivity index (χ1n) is 6.09. The molecule has 21 heavy (non-hydrogen) atoms. The molecule has 0 amide bonds. The zero-order valence-corrected chi connectivity index (χ0v) is 13.5. The van der Waals surface area contributed by atoms with Crippen LogP contribution in [-0.4, -0.2) is 12.9 Å². The smallest absolute Gasteiger partial charge is 0.185 e. The van der Waals surface area contributed by atoms with Crippen LogP contribution in [0.1, 0.15) is 21.8 Å². The molecule has 0 aliphatic rings. The fourth-order valence-corrected chi connectivity index (χ4v) is 2.80. The zero-order valence-electron chi connectivity index (χ0n) is 11.1. The van der Waals surface area contributed by atoms with Crippen molar-refractivity contribution >= 4 is 33.3 Å². The second-order valence-corrected chi connectivity index (χ2v) is 5.61. The standard InChI is InChI=1S/C16H11BrClNO2/c1-21-12-5-2-10(3-6-12)14(9-19)16(20)13-7-4-11(18)8-15(13)17/h2-8,14H,1H3. The minimum absolute atomic E-state index is 0.272. The number of ether oxygens (including phenoxy) is 1. The SMILES string of the molecule is COc1ccc(C(C#N)C(=O)c2ccc(Cl)cc2Br)cc1. The number of carbonyl (C=O) groups is 1. The third-order valence-corrected chi connectivity index (χ3v) is 3.93. The highest BCUT2D eigenvalue weighted by atomic mass is 79.9. The molecule has 0 spiro atoms. The summed E-state index contributed by atoms with van der Waals surface area (Å²) in [5.74, 6) is -0.463. The molecule has 0 radical (unpaired) electrons. The van der Waals surface area contributed by atoms with Crippen LogP contribution in [0.5, 0.6) is 5.75 Å². The van der Waals surface area contributed by atoms with Gasteiger partial charge in [-0.15, -0.1) is 0 Å². The molecule has 0 fully saturated rings. The second-order valence-electron chi connectivity index (χ2n) is 4.32. The minimum atomic E-state index is -0.867. The predicted molar refractivity (Wildman–Crippen MR) is 84.8 cm³/mol. The summed E-state index contributed by atoms with van der Waals surface area (Å²) in [5, 5.41) is 9.86. The monoisotopic (exact) mass is 363 g/mol. The number of nitrogens with zero attached hydrogens (tertiary/aromatic N) is 1. The van der Waals surface area contributed by atoms with Crippen LogP contribution in [0.4, 0.5) is 0 Å². The van der Waals surface area contributed by atoms with E-state index < -0.39 is 5.92 Å². The zero-order chi connectivity index (χ0) is 15.4. The Morgan fingerprint density at radius 1 is 1.29 bits per heavy atom. The second kappa shape index (κ2) is 6.75. The van der Waals surface area contributed by atoms with Gasteiger partial charge in [0, 0.05) is 15.1 Å². The largest absolute Gasteiger partial charge is 0.497 e. The molecular formula is C16H11BrClNO2. The third-order valence-electron chi connectivity index (χ3n) is 3.04. The van der Waals surface area contributed by atoms with Crippen LogP contribution < -0.4 is 4.74 Å². The molecule has 1 atom stereocenters. The van der Waals surface area contributed by atoms with Crippen molar-refractivity contribution in [2.24, 2.45) is 0 Å². The summed E-state index contributed by atoms with van der Waals surface area (Å²) in [5.41, 5.74) is 1.06. The van der Waals surface area contributed by atoms with Gasteiger partial charge in [0.05, 0.1) is 13.2 Å². The topological polar surface area (TPSA) is 50.1 Å². The maximum absolute atomic E-state index is 12.5. The lowest BCUT2D eigenvalue weighted by Gasteiger charge is -2.11. The van der Waals surface area contributed by atoms with Gasteiger partial charge in [0.25, 0.3) is 0 Å². The quantitative estimate of drug-likeness (QED) is 0.745. The highest BCUT2D eigenvalue weighted by molar-refractivity contribution is 9.10. The summed E-state index contributed by atoms with van der Waals surface area (Å²) in [4.78, 5) is 12.5. The summed E-state index contributed by atoms with van der Waals surface area (Å²) < 4.78 is 5.65. The number of methoxy groups -OCH3 is 1. The van der Waals surface area contributed by atoms with Crippen LogP contribution in [0.3, 0.4) is 0 Å². The number of benzene rings is 2. The first-order valence-corrected chi connectivity index (χ1v) is 7.26. The molecule has 0 aliphatic heterocycles. The van der Waals surface area contributed by atoms with Crippen molar-refractivity contribution in [2.45, 2.75) is 5.92 Å². The van der Waals surface area contributed by atoms with E-state index in [2.05, 4.69) is 22.0 Å². The van der Waals surface area contributed by atoms with Gasteiger partial charge in [0.1, 0.15) is 11.7 Å². The highest BCUT2D eigenvalue weighted by Gasteiger charge is 2.23. The molecule has 106 valence electrons. The van der Waals surface area contributed by atoms with Crippen molar-refractivity contribution in [3.8, 4) is 11.8 Å². The predicted octanol–water partition coefficient (Wildman–Crippen LogP) is 4.60. The molecule has 5 heteroatoms. The molecule has 0 aliphatic carbocycles. The molecule has 0 heterocycles. The average molecular weight is 365 g/mol. The molecule has 2 aromatic carbocycles. The Balaban J connectivity index is 2.36. The highest BCUT2D eigenvalue weighted by Crippen LogP contribution is 2.28. The maximum atomic E-state index is 12.5. The van der Waals surface area contributed by atoms with E-state index in [0.29, 0.717) is 26.4 Å². The lowest BCUT2D eigenvalue weighted by Crippen LogP contribution is -2.12. The van der Waals surface area contributed by atoms with E-state index >= 15 is 0 Å². The van der Waals surface area contributed by atoms with Gasteiger partial charge in [-0.3, -0.25) is 4.79 Å². The Morgan fingerprint density at radius 3 is 2.48 bits per heavy atom. The lowest BCUT2D eigenvalue weighted by atomic mass is 9.92. The Hall–Kier alpha value is -1.83. The number of Topliss-reactive ketones (excluding diaryl/α,β-unsaturated/α-hetero) is 1. The molecule has 0 bridgehead atoms. The van der Waals surface area contributed by atoms with E-state index in [1.165, 1.54) is 0 Å². The Bertz CT molecular complexity index is 707. The van der Waals surface area contributed by atoms with Gasteiger partial charge in [-0.2, -0.15) is 5.26 Å². The average Bonchev–Trinajstić information content (AvgIpc) is 2.48. The number of hydrogen-bond donors (Lipinski definition) is 0. The van der Waals surface area contributed by atoms with Crippen molar-refractivity contribution in [1.29, 1.82) is 5.26 Å². The molecule has 0 aromatic heterocycles. The van der Waals surface area contributed by atoms with E-state index in [4.69, 9.17) is 16.3 Å². The molecule has 0 saturated heterocycles. The summed E-state index contributed by atoms with van der Waals surface area (Å²) in [7, 11) is 1.56. The Labute approximate surface area is 136 Å². The van der Waals surface area contributed by atoms with Crippen molar-refractivity contribution in [3.05, 3.63) is 63.1 Å². The summed E-state index contributed by atoms with van der Waals surface area (Å²) >= 11 is 9.17. The number of carbonyl (C=O) groups excluding carboxylic acids is 1. The number of ketones is 1. The van der Waals surface area contributed by atoms with Crippen molar-refractivity contribution in [1.82, 2.24) is 0 Å². The molecular weight excluding hydrogens is 354 g/mol. The van der Waals surface area contributed by atoms with Crippen molar-refractivity contribution in [3.63, 3.8) is 0 Å². The number of halogens is 2. The van der Waals surface area contributed by atoms with Crippen LogP contribution >= 0.6 is 27.5 Å². The Morgan fingerprint density at radius 2 is 1.95 bits per heavy atom. The number of rotatable bonds is 4. The van der Waals surface area contributed by atoms with E-state index in [-0.39, 0.29) is 5.78 Å². The summed E-state index contributed by atoms with van der Waals surface area (Å²) in [6, 6.07) is 13.8. The van der Waals surface area contributed by atoms with Crippen molar-refractivity contribution < 1.29 is 9.53 Å². The van der Waals surface area contributed by atoms with Gasteiger partial charge in [-0.1, -0.05) is 23.7 Å². The van der Waals surface area contributed by atoms with E-state index in [9.17, 15) is 10.1 Å². The van der Waals surface area contributed by atoms with Gasteiger partial charge in [0.15, 0.2) is 5.78 Å². The fourth-order valence-electron chi connectivity index (χ4n) is 1.93. The number of nitriles is 1. The first kappa shape index (κ1) is 15.6. The molecule has 3 nitrogen and oxygen atoms in total. The van der Waals surface area contributed by atoms with Gasteiger partial charge >= 0.3 is 0 Å². The third kappa shape index (κ3) is 3.44. The van der Waals surface area contributed by atoms with Crippen molar-refractivity contribution in [2.75, 3.05) is 7.11 Å². The molecule has 0 N–H and O–H groups in total. The Kier molecular flexibility index (Phi) is 5.00. The van der Waals surface area contributed by atoms with Gasteiger partial charge in [-0.05, 0) is 51.8 Å². The van der Waals surface area contributed by atoms with Gasteiger partial charge in [0.2, 0.25) is 0 Å². The molecule has 2 aromatic rings. The summed E-state index contributed by atoms with van der Waals surface area (Å²) in [6.07, 6.45) is 0. The van der Waals surface area contributed by atoms with Crippen LogP contribution in [0, 0.1) is 11.3 Å². The maximum Gasteiger partial charge on any atom is 0.185 e. The lowest BCUT2D eigenvalue weighted by molar-refractivity contribution is 0.0978. The van der Waals surface area contributed by atoms with Crippen LogP contribution in [0.25, 0.3) is 0 Å². The van der Waals surface area contributed by atoms with Crippen LogP contribution in [0.2, 0.25) is 5.02 Å². The molecule has 1 unspecified atom stereocenters. The normalized spacial score (nSPS) is 11.5. The molecule has 0 saturated carbocycles. The van der Waals surface area contributed by atoms with E-state index in [0.717, 1.165) is 0 Å². The summed E-state index contributed by atoms with van der Waals surface area (Å²) in [6.45, 7) is 0. The number of hydrogen-bond acceptors (Lipinski definition) is 3. The van der Waals surface area contributed by atoms with Gasteiger partial charge < -0.3 is 4.74 Å². The first-order chi connectivity index (χ1) is 10.1. The van der Waals surface area contributed by atoms with Crippen LogP contribution in [0.15, 0.2) is 46.9 Å². The van der Waals surface area contributed by atoms with E-state index in [1.54, 1.807) is 49.6 Å². The fraction of sp³-hybridized carbons (Fsp3) is 0.125. The minimum Gasteiger partial charge on any atom is -0.497 e. The van der Waals surface area contributed by atoms with Crippen LogP contribution in [-0.2, 0) is 0 Å². The van der Waals surface area contributed by atoms with E-state index in [1.807, 2.05) is 0 Å².